The molecular formula is C28H26BF4NS. The average Bonchev–Trinajstić information content (AvgIpc) is 2.84. The van der Waals surface area contributed by atoms with Crippen molar-refractivity contribution in [1.29, 1.82) is 0 Å². The van der Waals surface area contributed by atoms with Crippen LogP contribution in [0.5, 0.6) is 0 Å². The minimum absolute atomic E-state index is 1.21. The molecule has 2 aliphatic rings. The molecule has 0 amide bonds. The summed E-state index contributed by atoms with van der Waals surface area (Å²) < 4.78 is 41.1. The van der Waals surface area contributed by atoms with Gasteiger partial charge in [-0.2, -0.15) is 0 Å². The van der Waals surface area contributed by atoms with Crippen molar-refractivity contribution in [3.05, 3.63) is 130 Å². The monoisotopic (exact) mass is 495 g/mol. The van der Waals surface area contributed by atoms with Crippen LogP contribution in [0.15, 0.2) is 119 Å². The van der Waals surface area contributed by atoms with Crippen molar-refractivity contribution in [2.45, 2.75) is 6.92 Å². The van der Waals surface area contributed by atoms with Gasteiger partial charge in [-0.1, -0.05) is 72.4 Å². The molecule has 7 heteroatoms. The predicted molar refractivity (Wildman–Crippen MR) is 143 cm³/mol. The Hall–Kier alpha value is -3.32. The van der Waals surface area contributed by atoms with Gasteiger partial charge in [0, 0.05) is 22.0 Å². The van der Waals surface area contributed by atoms with E-state index in [2.05, 4.69) is 129 Å². The molecule has 1 heterocycles. The Bertz CT molecular complexity index is 1240. The molecule has 2 aromatic rings. The third-order valence-corrected chi connectivity index (χ3v) is 6.22. The second-order valence-corrected chi connectivity index (χ2v) is 9.22. The normalized spacial score (nSPS) is 16.4. The van der Waals surface area contributed by atoms with Crippen LogP contribution in [0.25, 0.3) is 10.5 Å². The summed E-state index contributed by atoms with van der Waals surface area (Å²) in [5.41, 5.74) is 7.47. The molecule has 0 atom stereocenters. The molecule has 35 heavy (non-hydrogen) atoms. The molecule has 1 aliphatic carbocycles. The van der Waals surface area contributed by atoms with E-state index < -0.39 is 7.25 Å². The lowest BCUT2D eigenvalue weighted by atomic mass is 10.0. The number of thioether (sulfide) groups is 1. The van der Waals surface area contributed by atoms with E-state index >= 15 is 0 Å². The zero-order valence-corrected chi connectivity index (χ0v) is 20.6. The first kappa shape index (κ1) is 26.3. The Kier molecular flexibility index (Phi) is 8.93. The van der Waals surface area contributed by atoms with Gasteiger partial charge in [0.15, 0.2) is 5.71 Å². The van der Waals surface area contributed by atoms with E-state index in [1.165, 1.54) is 43.4 Å². The van der Waals surface area contributed by atoms with Gasteiger partial charge in [0.25, 0.3) is 0 Å². The Morgan fingerprint density at radius 3 is 1.80 bits per heavy atom. The highest BCUT2D eigenvalue weighted by molar-refractivity contribution is 8.12. The first-order chi connectivity index (χ1) is 16.6. The van der Waals surface area contributed by atoms with E-state index in [1.54, 1.807) is 0 Å². The number of benzene rings is 2. The molecule has 2 aromatic carbocycles. The van der Waals surface area contributed by atoms with Gasteiger partial charge in [-0.3, -0.25) is 0 Å². The van der Waals surface area contributed by atoms with Crippen molar-refractivity contribution in [1.82, 2.24) is 0 Å². The Labute approximate surface area is 208 Å². The molecule has 1 nitrogen and oxygen atoms in total. The second-order valence-electron chi connectivity index (χ2n) is 8.11. The third-order valence-electron chi connectivity index (χ3n) is 5.18. The number of allylic oxidation sites excluding steroid dienone is 10. The van der Waals surface area contributed by atoms with Crippen molar-refractivity contribution in [3.8, 4) is 0 Å². The molecule has 0 bridgehead atoms. The third kappa shape index (κ3) is 8.44. The van der Waals surface area contributed by atoms with Crippen LogP contribution < -0.4 is 0 Å². The van der Waals surface area contributed by atoms with E-state index in [-0.39, 0.29) is 0 Å². The fourth-order valence-corrected chi connectivity index (χ4v) is 4.57. The molecule has 0 radical (unpaired) electrons. The maximum Gasteiger partial charge on any atom is 0.673 e. The van der Waals surface area contributed by atoms with Crippen LogP contribution in [-0.2, 0) is 0 Å². The number of rotatable bonds is 3. The lowest BCUT2D eigenvalue weighted by Crippen LogP contribution is -2.09. The molecule has 0 spiro atoms. The van der Waals surface area contributed by atoms with Gasteiger partial charge in [0.2, 0.25) is 0 Å². The van der Waals surface area contributed by atoms with Crippen molar-refractivity contribution < 1.29 is 21.8 Å². The van der Waals surface area contributed by atoms with Gasteiger partial charge in [0.05, 0.1) is 0 Å². The summed E-state index contributed by atoms with van der Waals surface area (Å²) >= 11 is 1.83. The average molecular weight is 495 g/mol. The quantitative estimate of drug-likeness (QED) is 0.236. The van der Waals surface area contributed by atoms with Crippen molar-refractivity contribution in [2.75, 3.05) is 14.1 Å². The van der Waals surface area contributed by atoms with Gasteiger partial charge in [-0.05, 0) is 65.2 Å². The van der Waals surface area contributed by atoms with Crippen LogP contribution in [-0.4, -0.2) is 31.6 Å². The molecular weight excluding hydrogens is 469 g/mol. The highest BCUT2D eigenvalue weighted by Gasteiger charge is 2.20. The smallest absolute Gasteiger partial charge is 0.418 e. The summed E-state index contributed by atoms with van der Waals surface area (Å²) in [5, 5.41) is 0. The Balaban J connectivity index is 0.000000623. The first-order valence-corrected chi connectivity index (χ1v) is 11.8. The molecule has 4 rings (SSSR count). The number of hydrogen-bond acceptors (Lipinski definition) is 1. The zero-order valence-electron chi connectivity index (χ0n) is 19.8. The summed E-state index contributed by atoms with van der Waals surface area (Å²) in [6.07, 6.45) is 15.6. The minimum Gasteiger partial charge on any atom is -0.418 e. The summed E-state index contributed by atoms with van der Waals surface area (Å²) in [6, 6.07) is 21.2. The number of hydrogen-bond donors (Lipinski definition) is 0. The SMILES string of the molecule is CC(/C=C1\C=C(c2ccccc2)C=C(c2ccccc2)S1)=C1C=CC(=[N+](C)C)C=C1.F[B-](F)(F)F. The molecule has 0 N–H and O–H groups in total. The van der Waals surface area contributed by atoms with Gasteiger partial charge in [-0.15, -0.1) is 0 Å². The van der Waals surface area contributed by atoms with Crippen LogP contribution in [0.2, 0.25) is 0 Å². The van der Waals surface area contributed by atoms with Crippen LogP contribution in [0.4, 0.5) is 17.3 Å². The topological polar surface area (TPSA) is 3.01 Å². The van der Waals surface area contributed by atoms with Crippen LogP contribution in [0, 0.1) is 0 Å². The van der Waals surface area contributed by atoms with E-state index in [1.807, 2.05) is 11.8 Å². The van der Waals surface area contributed by atoms with Crippen molar-refractivity contribution in [3.63, 3.8) is 0 Å². The summed E-state index contributed by atoms with van der Waals surface area (Å²) in [7, 11) is -1.86. The molecule has 0 unspecified atom stereocenters. The van der Waals surface area contributed by atoms with Crippen LogP contribution in [0.3, 0.4) is 0 Å². The zero-order chi connectivity index (χ0) is 25.4. The number of halogens is 4. The van der Waals surface area contributed by atoms with E-state index in [9.17, 15) is 17.3 Å². The van der Waals surface area contributed by atoms with E-state index in [4.69, 9.17) is 0 Å². The maximum atomic E-state index is 9.75. The molecule has 0 saturated carbocycles. The molecule has 180 valence electrons. The fourth-order valence-electron chi connectivity index (χ4n) is 3.45. The van der Waals surface area contributed by atoms with Crippen LogP contribution in [0.1, 0.15) is 18.1 Å². The predicted octanol–water partition coefficient (Wildman–Crippen LogP) is 8.20. The van der Waals surface area contributed by atoms with Gasteiger partial charge < -0.3 is 17.3 Å². The summed E-state index contributed by atoms with van der Waals surface area (Å²) in [4.78, 5) is 2.53. The standard InChI is InChI=1S/C28H26NS.BF4/c1-21(22-14-16-26(17-15-22)29(2)3)18-27-19-25(23-10-6-4-7-11-23)20-28(30-27)24-12-8-5-9-13-24;2-1(3,4)5/h4-20H,1-3H3;/q+1;-1/b27-18+;. The maximum absolute atomic E-state index is 9.75. The minimum atomic E-state index is -6.00. The number of nitrogens with zero attached hydrogens (tertiary/aromatic N) is 1. The summed E-state index contributed by atoms with van der Waals surface area (Å²) in [5.74, 6) is 0. The lowest BCUT2D eigenvalue weighted by molar-refractivity contribution is -0.462. The molecule has 1 aliphatic heterocycles. The second kappa shape index (κ2) is 11.9. The Morgan fingerprint density at radius 1 is 0.771 bits per heavy atom. The Morgan fingerprint density at radius 2 is 1.29 bits per heavy atom. The fraction of sp³-hybridized carbons (Fsp3) is 0.107. The first-order valence-electron chi connectivity index (χ1n) is 11.0. The van der Waals surface area contributed by atoms with Gasteiger partial charge in [-0.25, -0.2) is 4.58 Å². The lowest BCUT2D eigenvalue weighted by Gasteiger charge is -2.17. The highest BCUT2D eigenvalue weighted by atomic mass is 32.2. The summed E-state index contributed by atoms with van der Waals surface area (Å²) in [6.45, 7) is 2.19. The molecule has 0 aromatic heterocycles. The van der Waals surface area contributed by atoms with Crippen LogP contribution >= 0.6 is 11.8 Å². The van der Waals surface area contributed by atoms with Gasteiger partial charge in [0.1, 0.15) is 14.1 Å². The van der Waals surface area contributed by atoms with Gasteiger partial charge >= 0.3 is 7.25 Å². The molecule has 0 saturated heterocycles. The highest BCUT2D eigenvalue weighted by Crippen LogP contribution is 2.42. The van der Waals surface area contributed by atoms with Crippen molar-refractivity contribution in [2.24, 2.45) is 0 Å². The largest absolute Gasteiger partial charge is 0.673 e. The van der Waals surface area contributed by atoms with E-state index in [0.717, 1.165) is 0 Å². The molecule has 0 fully saturated rings. The van der Waals surface area contributed by atoms with Crippen molar-refractivity contribution >= 4 is 35.2 Å². The van der Waals surface area contributed by atoms with E-state index in [0.29, 0.717) is 0 Å².